The van der Waals surface area contributed by atoms with Gasteiger partial charge in [-0.2, -0.15) is 9.78 Å². The fourth-order valence-electron chi connectivity index (χ4n) is 3.67. The van der Waals surface area contributed by atoms with E-state index in [0.717, 1.165) is 41.0 Å². The summed E-state index contributed by atoms with van der Waals surface area (Å²) in [5.74, 6) is 0. The molecule has 0 saturated carbocycles. The molecule has 9 heteroatoms. The molecule has 2 aromatic heterocycles. The van der Waals surface area contributed by atoms with Crippen molar-refractivity contribution >= 4 is 39.2 Å². The first-order valence-corrected chi connectivity index (χ1v) is 10.9. The van der Waals surface area contributed by atoms with Gasteiger partial charge < -0.3 is 15.2 Å². The van der Waals surface area contributed by atoms with Crippen LogP contribution >= 0.6 is 11.8 Å². The van der Waals surface area contributed by atoms with Crippen LogP contribution in [-0.4, -0.2) is 63.8 Å². The summed E-state index contributed by atoms with van der Waals surface area (Å²) in [6.45, 7) is 3.66. The first-order chi connectivity index (χ1) is 14.8. The van der Waals surface area contributed by atoms with Crippen molar-refractivity contribution in [2.45, 2.75) is 24.3 Å². The molecule has 31 heavy (non-hydrogen) atoms. The van der Waals surface area contributed by atoms with E-state index in [9.17, 15) is 0 Å². The Hall–Kier alpha value is -3.04. The van der Waals surface area contributed by atoms with Gasteiger partial charge in [-0.05, 0) is 63.8 Å². The van der Waals surface area contributed by atoms with Crippen molar-refractivity contribution in [2.75, 3.05) is 32.1 Å². The molecule has 8 nitrogen and oxygen atoms in total. The van der Waals surface area contributed by atoms with Crippen molar-refractivity contribution < 1.29 is 0 Å². The standard InChI is InChI=1S/C22H26N8S/c1-14(23)19-6-7-21(24)30(27-19)22(25)31-18-4-5-20-15(11-18)10-17(12-26-20)29-9-8-16(13-29)28(2)3/h4-7,10-12,16,23-25H,8-9,13H2,1-3H3. The molecule has 3 N–H and O–H groups in total. The van der Waals surface area contributed by atoms with E-state index in [-0.39, 0.29) is 10.7 Å². The van der Waals surface area contributed by atoms with E-state index in [1.807, 2.05) is 24.4 Å². The van der Waals surface area contributed by atoms with E-state index in [4.69, 9.17) is 16.2 Å². The predicted molar refractivity (Wildman–Crippen MR) is 126 cm³/mol. The molecule has 1 aliphatic rings. The number of hydrogen-bond donors (Lipinski definition) is 3. The lowest BCUT2D eigenvalue weighted by molar-refractivity contribution is 0.315. The number of nitrogens with one attached hydrogen (secondary N) is 3. The van der Waals surface area contributed by atoms with Crippen LogP contribution in [0, 0.1) is 16.2 Å². The van der Waals surface area contributed by atoms with Crippen molar-refractivity contribution in [3.63, 3.8) is 0 Å². The van der Waals surface area contributed by atoms with E-state index >= 15 is 0 Å². The molecule has 3 aromatic rings. The zero-order valence-electron chi connectivity index (χ0n) is 17.9. The van der Waals surface area contributed by atoms with Crippen molar-refractivity contribution in [3.8, 4) is 0 Å². The van der Waals surface area contributed by atoms with Crippen LogP contribution in [0.2, 0.25) is 0 Å². The first-order valence-electron chi connectivity index (χ1n) is 10.1. The number of aromatic nitrogens is 3. The van der Waals surface area contributed by atoms with Crippen molar-refractivity contribution in [1.82, 2.24) is 19.7 Å². The van der Waals surface area contributed by atoms with Gasteiger partial charge in [0.1, 0.15) is 11.2 Å². The quantitative estimate of drug-likeness (QED) is 0.332. The second-order valence-electron chi connectivity index (χ2n) is 7.95. The highest BCUT2D eigenvalue weighted by molar-refractivity contribution is 8.13. The Bertz CT molecular complexity index is 1220. The number of benzene rings is 1. The average Bonchev–Trinajstić information content (AvgIpc) is 3.24. The van der Waals surface area contributed by atoms with E-state index in [2.05, 4.69) is 40.0 Å². The Kier molecular flexibility index (Phi) is 5.88. The minimum atomic E-state index is 0.108. The normalized spacial score (nSPS) is 16.3. The molecule has 0 radical (unpaired) electrons. The lowest BCUT2D eigenvalue weighted by Crippen LogP contribution is -2.31. The van der Waals surface area contributed by atoms with Gasteiger partial charge in [0.25, 0.3) is 0 Å². The Morgan fingerprint density at radius 2 is 1.97 bits per heavy atom. The minimum Gasteiger partial charge on any atom is -0.369 e. The number of pyridine rings is 1. The molecule has 1 aliphatic heterocycles. The maximum absolute atomic E-state index is 8.44. The topological polar surface area (TPSA) is 109 Å². The monoisotopic (exact) mass is 434 g/mol. The van der Waals surface area contributed by atoms with Gasteiger partial charge in [0.05, 0.1) is 23.1 Å². The second kappa shape index (κ2) is 8.60. The maximum Gasteiger partial charge on any atom is 0.188 e. The zero-order valence-corrected chi connectivity index (χ0v) is 18.7. The van der Waals surface area contributed by atoms with Gasteiger partial charge in [-0.1, -0.05) is 11.8 Å². The van der Waals surface area contributed by atoms with Gasteiger partial charge in [0.15, 0.2) is 5.17 Å². The summed E-state index contributed by atoms with van der Waals surface area (Å²) in [5, 5.41) is 29.6. The lowest BCUT2D eigenvalue weighted by Gasteiger charge is -2.21. The molecule has 3 heterocycles. The van der Waals surface area contributed by atoms with Crippen LogP contribution in [0.5, 0.6) is 0 Å². The van der Waals surface area contributed by atoms with Crippen LogP contribution < -0.4 is 10.4 Å². The summed E-state index contributed by atoms with van der Waals surface area (Å²) in [4.78, 5) is 10.2. The highest BCUT2D eigenvalue weighted by atomic mass is 32.2. The molecule has 0 spiro atoms. The molecule has 1 unspecified atom stereocenters. The highest BCUT2D eigenvalue weighted by Gasteiger charge is 2.24. The number of fused-ring (bicyclic) bond motifs is 1. The van der Waals surface area contributed by atoms with Crippen LogP contribution in [0.25, 0.3) is 10.9 Å². The van der Waals surface area contributed by atoms with Crippen LogP contribution in [0.3, 0.4) is 0 Å². The number of likely N-dealkylation sites (N-methyl/N-ethyl adjacent to an activating group) is 1. The summed E-state index contributed by atoms with van der Waals surface area (Å²) in [5.41, 5.74) is 2.89. The SMILES string of the molecule is CC(=N)c1ccc(=N)n(C(=N)Sc2ccc3ncc(N4CCC(N(C)C)C4)cc3c2)n1. The summed E-state index contributed by atoms with van der Waals surface area (Å²) >= 11 is 1.23. The van der Waals surface area contributed by atoms with Crippen LogP contribution in [0.1, 0.15) is 19.0 Å². The van der Waals surface area contributed by atoms with Crippen LogP contribution in [-0.2, 0) is 0 Å². The van der Waals surface area contributed by atoms with Gasteiger partial charge in [0.2, 0.25) is 0 Å². The van der Waals surface area contributed by atoms with Crippen molar-refractivity contribution in [2.24, 2.45) is 0 Å². The summed E-state index contributed by atoms with van der Waals surface area (Å²) in [6, 6.07) is 11.8. The molecule has 1 aromatic carbocycles. The third-order valence-corrected chi connectivity index (χ3v) is 6.38. The fourth-order valence-corrected chi connectivity index (χ4v) is 4.44. The number of thioether (sulfide) groups is 1. The Morgan fingerprint density at radius 1 is 1.16 bits per heavy atom. The molecule has 0 aliphatic carbocycles. The maximum atomic E-state index is 8.44. The van der Waals surface area contributed by atoms with Crippen molar-refractivity contribution in [3.05, 3.63) is 53.8 Å². The van der Waals surface area contributed by atoms with Crippen LogP contribution in [0.15, 0.2) is 47.5 Å². The highest BCUT2D eigenvalue weighted by Crippen LogP contribution is 2.28. The van der Waals surface area contributed by atoms with Crippen LogP contribution in [0.4, 0.5) is 5.69 Å². The number of rotatable bonds is 4. The van der Waals surface area contributed by atoms with E-state index in [1.54, 1.807) is 19.1 Å². The molecular weight excluding hydrogens is 408 g/mol. The molecule has 1 fully saturated rings. The Morgan fingerprint density at radius 3 is 2.68 bits per heavy atom. The summed E-state index contributed by atoms with van der Waals surface area (Å²) in [7, 11) is 4.25. The lowest BCUT2D eigenvalue weighted by atomic mass is 10.2. The van der Waals surface area contributed by atoms with Gasteiger partial charge >= 0.3 is 0 Å². The third kappa shape index (κ3) is 4.52. The van der Waals surface area contributed by atoms with E-state index < -0.39 is 0 Å². The molecule has 4 rings (SSSR count). The molecule has 0 bridgehead atoms. The fraction of sp³-hybridized carbons (Fsp3) is 0.318. The van der Waals surface area contributed by atoms with Gasteiger partial charge in [-0.25, -0.2) is 0 Å². The smallest absolute Gasteiger partial charge is 0.188 e. The first kappa shape index (κ1) is 21.2. The second-order valence-corrected chi connectivity index (χ2v) is 9.01. The minimum absolute atomic E-state index is 0.108. The summed E-state index contributed by atoms with van der Waals surface area (Å²) in [6.07, 6.45) is 3.08. The summed E-state index contributed by atoms with van der Waals surface area (Å²) < 4.78 is 1.25. The Labute approximate surface area is 185 Å². The average molecular weight is 435 g/mol. The molecule has 160 valence electrons. The zero-order chi connectivity index (χ0) is 22.1. The largest absolute Gasteiger partial charge is 0.369 e. The van der Waals surface area contributed by atoms with Gasteiger partial charge in [0, 0.05) is 29.4 Å². The molecule has 1 saturated heterocycles. The third-order valence-electron chi connectivity index (χ3n) is 5.52. The molecular formula is C22H26N8S. The molecule has 0 amide bonds. The van der Waals surface area contributed by atoms with Gasteiger partial charge in [-0.3, -0.25) is 15.8 Å². The predicted octanol–water partition coefficient (Wildman–Crippen LogP) is 3.01. The number of anilines is 1. The number of nitrogens with zero attached hydrogens (tertiary/aromatic N) is 5. The van der Waals surface area contributed by atoms with Crippen molar-refractivity contribution in [1.29, 1.82) is 16.2 Å². The Balaban J connectivity index is 1.58. The molecule has 1 atom stereocenters. The van der Waals surface area contributed by atoms with Gasteiger partial charge in [-0.15, -0.1) is 0 Å². The van der Waals surface area contributed by atoms with E-state index in [1.165, 1.54) is 16.4 Å². The van der Waals surface area contributed by atoms with E-state index in [0.29, 0.717) is 17.4 Å². The number of hydrogen-bond acceptors (Lipinski definition) is 8.